The molecule has 2 amide bonds. The van der Waals surface area contributed by atoms with Gasteiger partial charge in [-0.3, -0.25) is 9.59 Å². The number of amides is 2. The van der Waals surface area contributed by atoms with Crippen LogP contribution in [-0.2, 0) is 19.9 Å². The van der Waals surface area contributed by atoms with Gasteiger partial charge in [-0.1, -0.05) is 18.2 Å². The van der Waals surface area contributed by atoms with E-state index >= 15 is 0 Å². The summed E-state index contributed by atoms with van der Waals surface area (Å²) in [6, 6.07) is 16.6. The number of nitrogens with zero attached hydrogens (tertiary/aromatic N) is 1. The number of phenols is 2. The second kappa shape index (κ2) is 8.00. The van der Waals surface area contributed by atoms with Gasteiger partial charge in [-0.2, -0.15) is 0 Å². The Balaban J connectivity index is 0.000000227. The highest BCUT2D eigenvalue weighted by Gasteiger charge is 2.53. The maximum atomic E-state index is 12.5. The molecule has 10 heteroatoms. The molecule has 3 aliphatic heterocycles. The second-order valence-corrected chi connectivity index (χ2v) is 9.06. The van der Waals surface area contributed by atoms with E-state index in [2.05, 4.69) is 32.1 Å². The van der Waals surface area contributed by atoms with Crippen LogP contribution in [0.4, 0.5) is 0 Å². The number of halogens is 2. The largest absolute Gasteiger partial charge is 0.508 e. The zero-order valence-electron chi connectivity index (χ0n) is 17.0. The van der Waals surface area contributed by atoms with Crippen LogP contribution >= 0.6 is 32.1 Å². The zero-order chi connectivity index (χ0) is 24.2. The van der Waals surface area contributed by atoms with Crippen LogP contribution in [0.15, 0.2) is 71.2 Å². The number of imide groups is 1. The van der Waals surface area contributed by atoms with Gasteiger partial charge in [0, 0.05) is 34.9 Å². The molecule has 3 aromatic rings. The molecule has 0 aromatic heterocycles. The van der Waals surface area contributed by atoms with Gasteiger partial charge in [-0.25, -0.2) is 8.72 Å². The van der Waals surface area contributed by atoms with Gasteiger partial charge < -0.3 is 19.7 Å². The van der Waals surface area contributed by atoms with Crippen molar-refractivity contribution >= 4 is 49.9 Å². The summed E-state index contributed by atoms with van der Waals surface area (Å²) >= 11 is 5.67. The van der Waals surface area contributed by atoms with Crippen molar-refractivity contribution in [2.75, 3.05) is 0 Å². The van der Waals surface area contributed by atoms with E-state index in [0.717, 1.165) is 3.93 Å². The molecule has 3 aromatic carbocycles. The number of hydrogen-bond donors (Lipinski definition) is 2. The summed E-state index contributed by atoms with van der Waals surface area (Å²) in [4.78, 5) is 33.7. The standard InChI is InChI=1S/C20H12O5.C4HBr2NO2/c21-11-5-7-15-17(9-11)24-18-10-12(22)6-8-16(18)20(15)14-4-2-1-3-13(14)19(23)25-20;5-2-1-3(8)7(6)4(2)9/h1-10,21-22H;1H. The molecule has 6 rings (SSSR count). The number of rotatable bonds is 0. The number of esters is 1. The molecule has 0 aliphatic carbocycles. The lowest BCUT2D eigenvalue weighted by Gasteiger charge is -2.36. The molecule has 2 N–H and O–H groups in total. The smallest absolute Gasteiger partial charge is 0.340 e. The summed E-state index contributed by atoms with van der Waals surface area (Å²) in [7, 11) is 0. The maximum absolute atomic E-state index is 12.5. The average Bonchev–Trinajstić information content (AvgIpc) is 3.22. The fourth-order valence-corrected chi connectivity index (χ4v) is 4.98. The Morgan fingerprint density at radius 3 is 1.91 bits per heavy atom. The molecule has 1 spiro atoms. The summed E-state index contributed by atoms with van der Waals surface area (Å²) in [6.45, 7) is 0. The van der Waals surface area contributed by atoms with Crippen molar-refractivity contribution in [2.45, 2.75) is 5.60 Å². The van der Waals surface area contributed by atoms with Crippen molar-refractivity contribution < 1.29 is 34.1 Å². The van der Waals surface area contributed by atoms with E-state index in [1.807, 2.05) is 12.1 Å². The van der Waals surface area contributed by atoms with Crippen molar-refractivity contribution in [1.82, 2.24) is 3.93 Å². The first-order valence-electron chi connectivity index (χ1n) is 9.81. The van der Waals surface area contributed by atoms with Gasteiger partial charge in [0.2, 0.25) is 0 Å². The lowest BCUT2D eigenvalue weighted by molar-refractivity contribution is -0.129. The molecule has 8 nitrogen and oxygen atoms in total. The number of ether oxygens (including phenoxy) is 2. The van der Waals surface area contributed by atoms with E-state index in [-0.39, 0.29) is 27.8 Å². The van der Waals surface area contributed by atoms with Crippen LogP contribution in [0, 0.1) is 0 Å². The molecule has 3 aliphatic rings. The van der Waals surface area contributed by atoms with E-state index in [9.17, 15) is 24.6 Å². The Hall–Kier alpha value is -3.63. The molecule has 34 heavy (non-hydrogen) atoms. The van der Waals surface area contributed by atoms with Gasteiger partial charge in [-0.05, 0) is 46.3 Å². The number of benzene rings is 3. The van der Waals surface area contributed by atoms with Crippen LogP contribution in [0.1, 0.15) is 27.0 Å². The van der Waals surface area contributed by atoms with Gasteiger partial charge in [-0.15, -0.1) is 0 Å². The summed E-state index contributed by atoms with van der Waals surface area (Å²) in [5.74, 6) is -0.308. The first kappa shape index (κ1) is 22.2. The van der Waals surface area contributed by atoms with Crippen LogP contribution < -0.4 is 4.74 Å². The molecule has 0 saturated carbocycles. The van der Waals surface area contributed by atoms with Gasteiger partial charge in [0.15, 0.2) is 5.60 Å². The van der Waals surface area contributed by atoms with Crippen LogP contribution in [0.2, 0.25) is 0 Å². The number of carbonyl (C=O) groups is 3. The fraction of sp³-hybridized carbons (Fsp3) is 0.0417. The van der Waals surface area contributed by atoms with Gasteiger partial charge in [0.05, 0.1) is 26.2 Å². The third-order valence-corrected chi connectivity index (χ3v) is 6.75. The van der Waals surface area contributed by atoms with Crippen molar-refractivity contribution in [3.8, 4) is 23.0 Å². The number of fused-ring (bicyclic) bond motifs is 6. The zero-order valence-corrected chi connectivity index (χ0v) is 20.2. The molecule has 0 radical (unpaired) electrons. The van der Waals surface area contributed by atoms with E-state index in [0.29, 0.717) is 33.8 Å². The molecule has 170 valence electrons. The third kappa shape index (κ3) is 3.29. The first-order chi connectivity index (χ1) is 16.2. The van der Waals surface area contributed by atoms with Crippen molar-refractivity contribution in [3.05, 3.63) is 93.5 Å². The van der Waals surface area contributed by atoms with E-state index in [1.54, 1.807) is 24.3 Å². The number of hydrogen-bond acceptors (Lipinski definition) is 7. The predicted molar refractivity (Wildman–Crippen MR) is 126 cm³/mol. The highest BCUT2D eigenvalue weighted by atomic mass is 79.9. The maximum Gasteiger partial charge on any atom is 0.340 e. The average molecular weight is 587 g/mol. The fourth-order valence-electron chi connectivity index (χ4n) is 4.07. The summed E-state index contributed by atoms with van der Waals surface area (Å²) in [5.41, 5.74) is 1.28. The van der Waals surface area contributed by atoms with Crippen LogP contribution in [0.5, 0.6) is 23.0 Å². The van der Waals surface area contributed by atoms with Gasteiger partial charge in [0.1, 0.15) is 23.0 Å². The molecular weight excluding hydrogens is 574 g/mol. The minimum atomic E-state index is -1.17. The van der Waals surface area contributed by atoms with E-state index < -0.39 is 11.6 Å². The highest BCUT2D eigenvalue weighted by molar-refractivity contribution is 9.12. The molecule has 0 atom stereocenters. The lowest BCUT2D eigenvalue weighted by atomic mass is 9.77. The Morgan fingerprint density at radius 1 is 0.824 bits per heavy atom. The normalized spacial score (nSPS) is 16.6. The summed E-state index contributed by atoms with van der Waals surface area (Å²) < 4.78 is 12.9. The minimum Gasteiger partial charge on any atom is -0.508 e. The van der Waals surface area contributed by atoms with Gasteiger partial charge in [0.25, 0.3) is 11.8 Å². The van der Waals surface area contributed by atoms with E-state index in [1.165, 1.54) is 30.3 Å². The highest BCUT2D eigenvalue weighted by Crippen LogP contribution is 2.56. The molecule has 0 bridgehead atoms. The Morgan fingerprint density at radius 2 is 1.41 bits per heavy atom. The minimum absolute atomic E-state index is 0.0371. The Labute approximate surface area is 209 Å². The quantitative estimate of drug-likeness (QED) is 0.225. The molecular formula is C24H13Br2NO7. The molecule has 0 fully saturated rings. The number of aromatic hydroxyl groups is 2. The predicted octanol–water partition coefficient (Wildman–Crippen LogP) is 4.61. The number of phenolic OH excluding ortho intramolecular Hbond substituents is 2. The molecule has 0 saturated heterocycles. The van der Waals surface area contributed by atoms with Crippen LogP contribution in [-0.4, -0.2) is 31.9 Å². The Bertz CT molecular complexity index is 1380. The summed E-state index contributed by atoms with van der Waals surface area (Å²) in [6.07, 6.45) is 1.21. The summed E-state index contributed by atoms with van der Waals surface area (Å²) in [5, 5.41) is 19.7. The van der Waals surface area contributed by atoms with Gasteiger partial charge >= 0.3 is 5.97 Å². The first-order valence-corrected chi connectivity index (χ1v) is 11.3. The van der Waals surface area contributed by atoms with Crippen molar-refractivity contribution in [1.29, 1.82) is 0 Å². The van der Waals surface area contributed by atoms with E-state index in [4.69, 9.17) is 9.47 Å². The lowest BCUT2D eigenvalue weighted by Crippen LogP contribution is -2.32. The SMILES string of the molecule is O=C1C=C(Br)C(=O)N1Br.O=C1OC2(c3ccc(O)cc3Oc3cc(O)ccc32)c2ccccc21. The topological polar surface area (TPSA) is 113 Å². The van der Waals surface area contributed by atoms with Crippen LogP contribution in [0.25, 0.3) is 0 Å². The van der Waals surface area contributed by atoms with Crippen molar-refractivity contribution in [3.63, 3.8) is 0 Å². The van der Waals surface area contributed by atoms with Crippen LogP contribution in [0.3, 0.4) is 0 Å². The Kier molecular flexibility index (Phi) is 5.22. The number of carbonyl (C=O) groups excluding carboxylic acids is 3. The molecule has 3 heterocycles. The van der Waals surface area contributed by atoms with Crippen molar-refractivity contribution in [2.24, 2.45) is 0 Å². The third-order valence-electron chi connectivity index (χ3n) is 5.51. The molecule has 0 unspecified atom stereocenters. The monoisotopic (exact) mass is 585 g/mol. The second-order valence-electron chi connectivity index (χ2n) is 7.50.